The van der Waals surface area contributed by atoms with Crippen LogP contribution in [0.1, 0.15) is 26.1 Å². The van der Waals surface area contributed by atoms with Crippen molar-refractivity contribution in [2.45, 2.75) is 39.5 Å². The molecular weight excluding hydrogens is 240 g/mol. The Morgan fingerprint density at radius 2 is 2.37 bits per heavy atom. The van der Waals surface area contributed by atoms with Crippen molar-refractivity contribution in [2.75, 3.05) is 32.8 Å². The number of morpholine rings is 1. The zero-order valence-corrected chi connectivity index (χ0v) is 12.1. The highest BCUT2D eigenvalue weighted by atomic mass is 16.5. The Kier molecular flexibility index (Phi) is 5.82. The Morgan fingerprint density at radius 1 is 1.47 bits per heavy atom. The van der Waals surface area contributed by atoms with E-state index in [1.165, 1.54) is 0 Å². The predicted octanol–water partition coefficient (Wildman–Crippen LogP) is 1.10. The molecule has 0 aromatic carbocycles. The minimum atomic E-state index is 0.285. The SMILES string of the molecule is CCCNCc1nccn1CC1CN(CC)CCO1. The fraction of sp³-hybridized carbons (Fsp3) is 0.786. The van der Waals surface area contributed by atoms with E-state index < -0.39 is 0 Å². The van der Waals surface area contributed by atoms with E-state index in [9.17, 15) is 0 Å². The molecule has 0 amide bonds. The number of likely N-dealkylation sites (N-methyl/N-ethyl adjacent to an activating group) is 1. The van der Waals surface area contributed by atoms with E-state index in [0.717, 1.165) is 58.1 Å². The van der Waals surface area contributed by atoms with Gasteiger partial charge < -0.3 is 14.6 Å². The summed E-state index contributed by atoms with van der Waals surface area (Å²) in [6.07, 6.45) is 5.37. The van der Waals surface area contributed by atoms with Gasteiger partial charge in [0.05, 0.1) is 25.8 Å². The first-order valence-electron chi connectivity index (χ1n) is 7.38. The van der Waals surface area contributed by atoms with E-state index in [1.54, 1.807) is 0 Å². The lowest BCUT2D eigenvalue weighted by atomic mass is 10.2. The summed E-state index contributed by atoms with van der Waals surface area (Å²) >= 11 is 0. The zero-order valence-electron chi connectivity index (χ0n) is 12.1. The van der Waals surface area contributed by atoms with Crippen LogP contribution in [0.5, 0.6) is 0 Å². The Labute approximate surface area is 116 Å². The standard InChI is InChI=1S/C14H26N4O/c1-3-5-15-10-14-16-6-7-18(14)12-13-11-17(4-2)8-9-19-13/h6-7,13,15H,3-5,8-12H2,1-2H3. The second-order valence-electron chi connectivity index (χ2n) is 5.06. The molecule has 19 heavy (non-hydrogen) atoms. The van der Waals surface area contributed by atoms with Gasteiger partial charge in [-0.25, -0.2) is 4.98 Å². The molecule has 1 saturated heterocycles. The molecule has 1 aliphatic heterocycles. The Balaban J connectivity index is 1.86. The largest absolute Gasteiger partial charge is 0.374 e. The Hall–Kier alpha value is -0.910. The van der Waals surface area contributed by atoms with E-state index in [0.29, 0.717) is 0 Å². The lowest BCUT2D eigenvalue weighted by Gasteiger charge is -2.32. The average Bonchev–Trinajstić information content (AvgIpc) is 2.87. The van der Waals surface area contributed by atoms with Gasteiger partial charge in [-0.2, -0.15) is 0 Å². The maximum atomic E-state index is 5.85. The van der Waals surface area contributed by atoms with Crippen molar-refractivity contribution < 1.29 is 4.74 Å². The van der Waals surface area contributed by atoms with Crippen LogP contribution in [0.3, 0.4) is 0 Å². The third-order valence-electron chi connectivity index (χ3n) is 3.58. The quantitative estimate of drug-likeness (QED) is 0.751. The molecule has 0 spiro atoms. The number of nitrogens with one attached hydrogen (secondary N) is 1. The molecule has 1 atom stereocenters. The number of rotatable bonds is 7. The van der Waals surface area contributed by atoms with Gasteiger partial charge in [0.15, 0.2) is 0 Å². The molecule has 0 bridgehead atoms. The van der Waals surface area contributed by atoms with E-state index in [2.05, 4.69) is 39.8 Å². The molecule has 2 heterocycles. The lowest BCUT2D eigenvalue weighted by molar-refractivity contribution is -0.0346. The molecule has 5 nitrogen and oxygen atoms in total. The van der Waals surface area contributed by atoms with Gasteiger partial charge in [-0.05, 0) is 19.5 Å². The predicted molar refractivity (Wildman–Crippen MR) is 76.1 cm³/mol. The van der Waals surface area contributed by atoms with Gasteiger partial charge in [0.25, 0.3) is 0 Å². The molecule has 1 unspecified atom stereocenters. The first-order valence-corrected chi connectivity index (χ1v) is 7.38. The van der Waals surface area contributed by atoms with E-state index in [1.807, 2.05) is 6.20 Å². The van der Waals surface area contributed by atoms with Crippen molar-refractivity contribution in [1.82, 2.24) is 19.8 Å². The smallest absolute Gasteiger partial charge is 0.122 e. The van der Waals surface area contributed by atoms with Crippen LogP contribution in [0.2, 0.25) is 0 Å². The molecular formula is C14H26N4O. The number of nitrogens with zero attached hydrogens (tertiary/aromatic N) is 3. The molecule has 1 N–H and O–H groups in total. The fourth-order valence-corrected chi connectivity index (χ4v) is 2.45. The molecule has 0 radical (unpaired) electrons. The first kappa shape index (κ1) is 14.5. The summed E-state index contributed by atoms with van der Waals surface area (Å²) in [5.41, 5.74) is 0. The summed E-state index contributed by atoms with van der Waals surface area (Å²) in [4.78, 5) is 6.87. The van der Waals surface area contributed by atoms with Gasteiger partial charge >= 0.3 is 0 Å². The molecule has 2 rings (SSSR count). The van der Waals surface area contributed by atoms with E-state index >= 15 is 0 Å². The van der Waals surface area contributed by atoms with Crippen LogP contribution in [-0.2, 0) is 17.8 Å². The van der Waals surface area contributed by atoms with Crippen LogP contribution in [-0.4, -0.2) is 53.3 Å². The Morgan fingerprint density at radius 3 is 3.16 bits per heavy atom. The van der Waals surface area contributed by atoms with Crippen LogP contribution in [0, 0.1) is 0 Å². The van der Waals surface area contributed by atoms with Crippen molar-refractivity contribution in [2.24, 2.45) is 0 Å². The maximum Gasteiger partial charge on any atom is 0.122 e. The lowest BCUT2D eigenvalue weighted by Crippen LogP contribution is -2.44. The fourth-order valence-electron chi connectivity index (χ4n) is 2.45. The summed E-state index contributed by atoms with van der Waals surface area (Å²) in [5, 5.41) is 3.40. The highest BCUT2D eigenvalue weighted by molar-refractivity contribution is 4.93. The van der Waals surface area contributed by atoms with Crippen LogP contribution in [0.15, 0.2) is 12.4 Å². The summed E-state index contributed by atoms with van der Waals surface area (Å²) in [6, 6.07) is 0. The third-order valence-corrected chi connectivity index (χ3v) is 3.58. The van der Waals surface area contributed by atoms with Crippen molar-refractivity contribution in [1.29, 1.82) is 0 Å². The molecule has 1 aliphatic rings. The van der Waals surface area contributed by atoms with Gasteiger partial charge in [-0.15, -0.1) is 0 Å². The van der Waals surface area contributed by atoms with Gasteiger partial charge in [0.1, 0.15) is 5.82 Å². The number of hydrogen-bond acceptors (Lipinski definition) is 4. The summed E-state index contributed by atoms with van der Waals surface area (Å²) < 4.78 is 8.07. The molecule has 1 aromatic rings. The summed E-state index contributed by atoms with van der Waals surface area (Å²) in [5.74, 6) is 1.10. The summed E-state index contributed by atoms with van der Waals surface area (Å²) in [6.45, 7) is 11.2. The highest BCUT2D eigenvalue weighted by Crippen LogP contribution is 2.09. The van der Waals surface area contributed by atoms with Crippen LogP contribution in [0.25, 0.3) is 0 Å². The second-order valence-corrected chi connectivity index (χ2v) is 5.06. The van der Waals surface area contributed by atoms with Gasteiger partial charge in [-0.3, -0.25) is 4.90 Å². The Bertz CT molecular complexity index is 366. The van der Waals surface area contributed by atoms with Gasteiger partial charge in [0.2, 0.25) is 0 Å². The molecule has 108 valence electrons. The van der Waals surface area contributed by atoms with Gasteiger partial charge in [-0.1, -0.05) is 13.8 Å². The minimum absolute atomic E-state index is 0.285. The van der Waals surface area contributed by atoms with Gasteiger partial charge in [0, 0.05) is 25.5 Å². The molecule has 1 aromatic heterocycles. The molecule has 5 heteroatoms. The van der Waals surface area contributed by atoms with Crippen molar-refractivity contribution in [3.8, 4) is 0 Å². The number of hydrogen-bond donors (Lipinski definition) is 1. The first-order chi connectivity index (χ1) is 9.33. The zero-order chi connectivity index (χ0) is 13.5. The van der Waals surface area contributed by atoms with Crippen molar-refractivity contribution >= 4 is 0 Å². The van der Waals surface area contributed by atoms with Crippen LogP contribution < -0.4 is 5.32 Å². The number of ether oxygens (including phenoxy) is 1. The minimum Gasteiger partial charge on any atom is -0.374 e. The van der Waals surface area contributed by atoms with Crippen LogP contribution in [0.4, 0.5) is 0 Å². The van der Waals surface area contributed by atoms with Crippen LogP contribution >= 0.6 is 0 Å². The third kappa shape index (κ3) is 4.30. The topological polar surface area (TPSA) is 42.3 Å². The average molecular weight is 266 g/mol. The molecule has 1 fully saturated rings. The number of aromatic nitrogens is 2. The van der Waals surface area contributed by atoms with E-state index in [-0.39, 0.29) is 6.10 Å². The summed E-state index contributed by atoms with van der Waals surface area (Å²) in [7, 11) is 0. The van der Waals surface area contributed by atoms with Crippen molar-refractivity contribution in [3.63, 3.8) is 0 Å². The number of imidazole rings is 1. The molecule has 0 saturated carbocycles. The highest BCUT2D eigenvalue weighted by Gasteiger charge is 2.20. The molecule has 0 aliphatic carbocycles. The van der Waals surface area contributed by atoms with E-state index in [4.69, 9.17) is 4.74 Å². The maximum absolute atomic E-state index is 5.85. The second kappa shape index (κ2) is 7.62. The normalized spacial score (nSPS) is 20.8. The monoisotopic (exact) mass is 266 g/mol. The van der Waals surface area contributed by atoms with Crippen molar-refractivity contribution in [3.05, 3.63) is 18.2 Å².